The van der Waals surface area contributed by atoms with Gasteiger partial charge in [-0.3, -0.25) is 14.4 Å². The Bertz CT molecular complexity index is 1420. The summed E-state index contributed by atoms with van der Waals surface area (Å²) >= 11 is 0. The molecule has 42 heavy (non-hydrogen) atoms. The Labute approximate surface area is 245 Å². The van der Waals surface area contributed by atoms with E-state index in [-0.39, 0.29) is 24.1 Å². The van der Waals surface area contributed by atoms with Crippen molar-refractivity contribution in [3.63, 3.8) is 0 Å². The van der Waals surface area contributed by atoms with Crippen molar-refractivity contribution in [1.29, 1.82) is 0 Å². The lowest BCUT2D eigenvalue weighted by Crippen LogP contribution is -2.46. The van der Waals surface area contributed by atoms with Gasteiger partial charge in [0, 0.05) is 63.5 Å². The van der Waals surface area contributed by atoms with Crippen molar-refractivity contribution < 1.29 is 23.5 Å². The Balaban J connectivity index is 1.35. The van der Waals surface area contributed by atoms with Crippen LogP contribution in [0.1, 0.15) is 32.7 Å². The summed E-state index contributed by atoms with van der Waals surface area (Å²) < 4.78 is 19.0. The van der Waals surface area contributed by atoms with Crippen molar-refractivity contribution in [2.24, 2.45) is 0 Å². The molecule has 0 radical (unpaired) electrons. The molecule has 220 valence electrons. The first-order valence-corrected chi connectivity index (χ1v) is 14.3. The molecule has 5 rings (SSSR count). The number of nitrogens with zero attached hydrogens (tertiary/aromatic N) is 3. The minimum Gasteiger partial charge on any atom is -0.497 e. The molecule has 2 fully saturated rings. The van der Waals surface area contributed by atoms with Crippen LogP contribution in [0.15, 0.2) is 66.7 Å². The molecule has 0 bridgehead atoms. The number of anilines is 2. The van der Waals surface area contributed by atoms with Crippen LogP contribution in [0.3, 0.4) is 0 Å². The lowest BCUT2D eigenvalue weighted by Gasteiger charge is -2.29. The van der Waals surface area contributed by atoms with Gasteiger partial charge in [0.25, 0.3) is 11.8 Å². The van der Waals surface area contributed by atoms with E-state index in [1.807, 2.05) is 35.2 Å². The fourth-order valence-electron chi connectivity index (χ4n) is 5.38. The number of ether oxygens (including phenoxy) is 1. The summed E-state index contributed by atoms with van der Waals surface area (Å²) in [5, 5.41) is 6.31. The molecular formula is C32H36FN5O4. The molecule has 9 nitrogen and oxygen atoms in total. The first-order chi connectivity index (χ1) is 20.4. The fourth-order valence-corrected chi connectivity index (χ4v) is 5.38. The number of hydrogen-bond donors (Lipinski definition) is 2. The first kappa shape index (κ1) is 29.1. The van der Waals surface area contributed by atoms with Crippen molar-refractivity contribution in [2.75, 3.05) is 69.7 Å². The van der Waals surface area contributed by atoms with Gasteiger partial charge in [0.2, 0.25) is 5.91 Å². The van der Waals surface area contributed by atoms with Crippen LogP contribution in [0.4, 0.5) is 15.8 Å². The number of rotatable bonds is 7. The van der Waals surface area contributed by atoms with E-state index in [0.717, 1.165) is 24.3 Å². The highest BCUT2D eigenvalue weighted by atomic mass is 19.1. The minimum atomic E-state index is -0.442. The minimum absolute atomic E-state index is 0.0727. The summed E-state index contributed by atoms with van der Waals surface area (Å²) in [5.41, 5.74) is 3.02. The SMILES string of the molecule is COc1ccc(CC(=O)Nc2cc(C(=O)N3CCNCC3)ccc2N2CCCN(C(=O)c3cccc(F)c3)CC2)cc1. The quantitative estimate of drug-likeness (QED) is 0.450. The largest absolute Gasteiger partial charge is 0.497 e. The molecule has 2 aliphatic heterocycles. The molecule has 0 aliphatic carbocycles. The second kappa shape index (κ2) is 13.5. The van der Waals surface area contributed by atoms with Crippen LogP contribution < -0.4 is 20.3 Å². The van der Waals surface area contributed by atoms with Gasteiger partial charge in [0.1, 0.15) is 11.6 Å². The van der Waals surface area contributed by atoms with Gasteiger partial charge < -0.3 is 30.1 Å². The summed E-state index contributed by atoms with van der Waals surface area (Å²) in [6, 6.07) is 18.5. The summed E-state index contributed by atoms with van der Waals surface area (Å²) in [6.45, 7) is 4.89. The standard InChI is InChI=1S/C32H36FN5O4/c1-42-27-9-6-23(7-10-27)20-30(39)35-28-22-25(32(41)38-16-12-34-13-17-38)8-11-29(28)36-14-3-15-37(19-18-36)31(40)24-4-2-5-26(33)21-24/h2,4-11,21-22,34H,3,12-20H2,1H3,(H,35,39). The molecule has 0 saturated carbocycles. The number of amides is 3. The predicted octanol–water partition coefficient (Wildman–Crippen LogP) is 3.41. The molecule has 3 aromatic carbocycles. The number of carbonyl (C=O) groups is 3. The van der Waals surface area contributed by atoms with Gasteiger partial charge in [-0.2, -0.15) is 0 Å². The van der Waals surface area contributed by atoms with Crippen molar-refractivity contribution in [2.45, 2.75) is 12.8 Å². The van der Waals surface area contributed by atoms with E-state index in [4.69, 9.17) is 4.74 Å². The van der Waals surface area contributed by atoms with E-state index in [2.05, 4.69) is 15.5 Å². The maximum absolute atomic E-state index is 13.7. The van der Waals surface area contributed by atoms with Crippen LogP contribution in [0.25, 0.3) is 0 Å². The highest BCUT2D eigenvalue weighted by Crippen LogP contribution is 2.30. The highest BCUT2D eigenvalue weighted by Gasteiger charge is 2.24. The predicted molar refractivity (Wildman–Crippen MR) is 160 cm³/mol. The smallest absolute Gasteiger partial charge is 0.254 e. The Morgan fingerprint density at radius 3 is 2.26 bits per heavy atom. The molecule has 2 N–H and O–H groups in total. The molecule has 2 heterocycles. The fraction of sp³-hybridized carbons (Fsp3) is 0.344. The van der Waals surface area contributed by atoms with Gasteiger partial charge in [0.15, 0.2) is 0 Å². The van der Waals surface area contributed by atoms with E-state index >= 15 is 0 Å². The van der Waals surface area contributed by atoms with Gasteiger partial charge in [-0.05, 0) is 60.5 Å². The first-order valence-electron chi connectivity index (χ1n) is 14.3. The number of piperazine rings is 1. The molecule has 0 spiro atoms. The summed E-state index contributed by atoms with van der Waals surface area (Å²) in [7, 11) is 1.59. The Kier molecular flexibility index (Phi) is 9.33. The molecule has 0 unspecified atom stereocenters. The van der Waals surface area contributed by atoms with Crippen molar-refractivity contribution >= 4 is 29.1 Å². The zero-order chi connectivity index (χ0) is 29.5. The van der Waals surface area contributed by atoms with E-state index in [0.29, 0.717) is 68.3 Å². The van der Waals surface area contributed by atoms with E-state index < -0.39 is 5.82 Å². The lowest BCUT2D eigenvalue weighted by atomic mass is 10.1. The van der Waals surface area contributed by atoms with Crippen LogP contribution in [0.5, 0.6) is 5.75 Å². The molecule has 2 aliphatic rings. The zero-order valence-electron chi connectivity index (χ0n) is 23.8. The zero-order valence-corrected chi connectivity index (χ0v) is 23.8. The maximum Gasteiger partial charge on any atom is 0.254 e. The lowest BCUT2D eigenvalue weighted by molar-refractivity contribution is -0.115. The summed E-state index contributed by atoms with van der Waals surface area (Å²) in [5.74, 6) is -0.210. The second-order valence-electron chi connectivity index (χ2n) is 10.5. The average molecular weight is 574 g/mol. The normalized spacial score (nSPS) is 15.6. The highest BCUT2D eigenvalue weighted by molar-refractivity contribution is 6.00. The Morgan fingerprint density at radius 2 is 1.55 bits per heavy atom. The molecule has 3 aromatic rings. The van der Waals surface area contributed by atoms with Gasteiger partial charge in [-0.1, -0.05) is 18.2 Å². The van der Waals surface area contributed by atoms with Crippen molar-refractivity contribution in [3.05, 3.63) is 89.2 Å². The number of methoxy groups -OCH3 is 1. The molecule has 0 atom stereocenters. The summed E-state index contributed by atoms with van der Waals surface area (Å²) in [6.07, 6.45) is 0.858. The molecule has 2 saturated heterocycles. The van der Waals surface area contributed by atoms with Gasteiger partial charge in [-0.15, -0.1) is 0 Å². The number of nitrogens with one attached hydrogen (secondary N) is 2. The van der Waals surface area contributed by atoms with Crippen molar-refractivity contribution in [3.8, 4) is 5.75 Å². The number of benzene rings is 3. The topological polar surface area (TPSA) is 94.2 Å². The number of hydrogen-bond acceptors (Lipinski definition) is 6. The van der Waals surface area contributed by atoms with Crippen LogP contribution in [-0.4, -0.2) is 87.0 Å². The monoisotopic (exact) mass is 573 g/mol. The van der Waals surface area contributed by atoms with Crippen LogP contribution in [0.2, 0.25) is 0 Å². The average Bonchev–Trinajstić information content (AvgIpc) is 3.27. The Hall–Kier alpha value is -4.44. The molecular weight excluding hydrogens is 537 g/mol. The van der Waals surface area contributed by atoms with E-state index in [9.17, 15) is 18.8 Å². The van der Waals surface area contributed by atoms with Gasteiger partial charge in [-0.25, -0.2) is 4.39 Å². The third kappa shape index (κ3) is 7.06. The van der Waals surface area contributed by atoms with E-state index in [1.54, 1.807) is 30.2 Å². The van der Waals surface area contributed by atoms with Crippen LogP contribution in [-0.2, 0) is 11.2 Å². The van der Waals surface area contributed by atoms with Crippen LogP contribution >= 0.6 is 0 Å². The molecule has 0 aromatic heterocycles. The molecule has 10 heteroatoms. The van der Waals surface area contributed by atoms with E-state index in [1.165, 1.54) is 18.2 Å². The van der Waals surface area contributed by atoms with Gasteiger partial charge >= 0.3 is 0 Å². The molecule has 3 amide bonds. The Morgan fingerprint density at radius 1 is 0.833 bits per heavy atom. The number of carbonyl (C=O) groups excluding carboxylic acids is 3. The van der Waals surface area contributed by atoms with Crippen molar-refractivity contribution in [1.82, 2.24) is 15.1 Å². The van der Waals surface area contributed by atoms with Crippen LogP contribution in [0, 0.1) is 5.82 Å². The second-order valence-corrected chi connectivity index (χ2v) is 10.5. The maximum atomic E-state index is 13.7. The third-order valence-corrected chi connectivity index (χ3v) is 7.64. The van der Waals surface area contributed by atoms with Gasteiger partial charge in [0.05, 0.1) is 24.9 Å². The number of halogens is 1. The summed E-state index contributed by atoms with van der Waals surface area (Å²) in [4.78, 5) is 45.2. The third-order valence-electron chi connectivity index (χ3n) is 7.64.